The number of ether oxygens (including phenoxy) is 1. The molecule has 4 rings (SSSR count). The van der Waals surface area contributed by atoms with Gasteiger partial charge in [0.15, 0.2) is 5.65 Å². The van der Waals surface area contributed by atoms with Gasteiger partial charge in [0.05, 0.1) is 14.1 Å². The first-order valence-electron chi connectivity index (χ1n) is 9.91. The van der Waals surface area contributed by atoms with Crippen molar-refractivity contribution in [2.75, 3.05) is 10.6 Å². The molecule has 0 saturated heterocycles. The van der Waals surface area contributed by atoms with Crippen LogP contribution in [0.3, 0.4) is 0 Å². The SMILES string of the molecule is [2H]c1cc(N(Cc2cccc(N)c2)C(=O)OC(C)(C)C)n2ncc(C3CC3)c2n1. The maximum absolute atomic E-state index is 13.1. The Morgan fingerprint density at radius 3 is 2.86 bits per heavy atom. The Hall–Kier alpha value is -3.09. The number of carbonyl (C=O) groups excluding carboxylic acids is 1. The molecule has 0 atom stereocenters. The van der Waals surface area contributed by atoms with E-state index >= 15 is 0 Å². The average Bonchev–Trinajstić information content (AvgIpc) is 3.37. The molecule has 146 valence electrons. The van der Waals surface area contributed by atoms with Crippen LogP contribution in [0, 0.1) is 0 Å². The number of nitrogen functional groups attached to an aromatic ring is 1. The molecule has 1 amide bonds. The van der Waals surface area contributed by atoms with Gasteiger partial charge in [-0.15, -0.1) is 0 Å². The van der Waals surface area contributed by atoms with Gasteiger partial charge in [0.25, 0.3) is 0 Å². The third-order valence-electron chi connectivity index (χ3n) is 4.55. The van der Waals surface area contributed by atoms with Crippen molar-refractivity contribution in [2.24, 2.45) is 0 Å². The Morgan fingerprint density at radius 2 is 2.18 bits per heavy atom. The van der Waals surface area contributed by atoms with E-state index in [0.717, 1.165) is 24.0 Å². The number of fused-ring (bicyclic) bond motifs is 1. The zero-order valence-corrected chi connectivity index (χ0v) is 16.3. The van der Waals surface area contributed by atoms with E-state index in [-0.39, 0.29) is 12.7 Å². The zero-order valence-electron chi connectivity index (χ0n) is 17.3. The highest BCUT2D eigenvalue weighted by Gasteiger charge is 2.30. The number of benzene rings is 1. The number of amides is 1. The van der Waals surface area contributed by atoms with Gasteiger partial charge in [-0.2, -0.15) is 9.61 Å². The molecular formula is C21H25N5O2. The highest BCUT2D eigenvalue weighted by Crippen LogP contribution is 2.41. The van der Waals surface area contributed by atoms with Crippen molar-refractivity contribution in [3.05, 3.63) is 53.8 Å². The van der Waals surface area contributed by atoms with Crippen molar-refractivity contribution in [1.29, 1.82) is 0 Å². The molecule has 2 N–H and O–H groups in total. The van der Waals surface area contributed by atoms with E-state index in [1.807, 2.05) is 39.0 Å². The molecule has 3 aromatic rings. The molecule has 0 radical (unpaired) electrons. The molecule has 7 heteroatoms. The van der Waals surface area contributed by atoms with Gasteiger partial charge in [0.1, 0.15) is 11.4 Å². The molecule has 1 fully saturated rings. The van der Waals surface area contributed by atoms with E-state index in [1.165, 1.54) is 11.0 Å². The van der Waals surface area contributed by atoms with Crippen LogP contribution < -0.4 is 10.6 Å². The molecule has 2 heterocycles. The predicted molar refractivity (Wildman–Crippen MR) is 108 cm³/mol. The van der Waals surface area contributed by atoms with Gasteiger partial charge in [0, 0.05) is 17.4 Å². The number of rotatable bonds is 4. The number of nitrogens with two attached hydrogens (primary N) is 1. The number of carbonyl (C=O) groups is 1. The fourth-order valence-electron chi connectivity index (χ4n) is 3.15. The minimum absolute atomic E-state index is 0.0797. The first-order chi connectivity index (χ1) is 13.7. The summed E-state index contributed by atoms with van der Waals surface area (Å²) >= 11 is 0. The van der Waals surface area contributed by atoms with Crippen LogP contribution in [0.25, 0.3) is 5.65 Å². The second kappa shape index (κ2) is 6.82. The number of aromatic nitrogens is 3. The van der Waals surface area contributed by atoms with Crippen LogP contribution in [0.2, 0.25) is 0 Å². The molecule has 0 spiro atoms. The number of nitrogens with zero attached hydrogens (tertiary/aromatic N) is 4. The fraction of sp³-hybridized carbons (Fsp3) is 0.381. The first kappa shape index (κ1) is 17.0. The molecule has 7 nitrogen and oxygen atoms in total. The lowest BCUT2D eigenvalue weighted by Crippen LogP contribution is -2.37. The van der Waals surface area contributed by atoms with Crippen molar-refractivity contribution < 1.29 is 10.9 Å². The largest absolute Gasteiger partial charge is 0.443 e. The van der Waals surface area contributed by atoms with E-state index in [1.54, 1.807) is 16.8 Å². The van der Waals surface area contributed by atoms with Gasteiger partial charge in [-0.1, -0.05) is 12.1 Å². The lowest BCUT2D eigenvalue weighted by molar-refractivity contribution is 0.0575. The Bertz CT molecular complexity index is 1070. The minimum atomic E-state index is -0.662. The van der Waals surface area contributed by atoms with Gasteiger partial charge in [-0.3, -0.25) is 4.90 Å². The van der Waals surface area contributed by atoms with Crippen LogP contribution in [-0.2, 0) is 11.3 Å². The summed E-state index contributed by atoms with van der Waals surface area (Å²) in [5, 5.41) is 4.48. The molecular weight excluding hydrogens is 354 g/mol. The molecule has 1 aromatic carbocycles. The summed E-state index contributed by atoms with van der Waals surface area (Å²) in [4.78, 5) is 19.0. The summed E-state index contributed by atoms with van der Waals surface area (Å²) in [5.41, 5.74) is 8.36. The topological polar surface area (TPSA) is 85.8 Å². The number of hydrogen-bond acceptors (Lipinski definition) is 5. The summed E-state index contributed by atoms with van der Waals surface area (Å²) < 4.78 is 15.5. The Morgan fingerprint density at radius 1 is 1.39 bits per heavy atom. The molecule has 1 saturated carbocycles. The van der Waals surface area contributed by atoms with Crippen molar-refractivity contribution in [2.45, 2.75) is 51.7 Å². The van der Waals surface area contributed by atoms with Crippen LogP contribution in [0.5, 0.6) is 0 Å². The lowest BCUT2D eigenvalue weighted by atomic mass is 10.2. The monoisotopic (exact) mass is 380 g/mol. The van der Waals surface area contributed by atoms with E-state index in [2.05, 4.69) is 10.1 Å². The Balaban J connectivity index is 1.80. The molecule has 28 heavy (non-hydrogen) atoms. The van der Waals surface area contributed by atoms with E-state index in [0.29, 0.717) is 23.1 Å². The summed E-state index contributed by atoms with van der Waals surface area (Å²) in [6, 6.07) is 8.88. The van der Waals surface area contributed by atoms with Crippen LogP contribution in [0.1, 0.15) is 52.0 Å². The minimum Gasteiger partial charge on any atom is -0.443 e. The van der Waals surface area contributed by atoms with Crippen molar-refractivity contribution in [3.63, 3.8) is 0 Å². The van der Waals surface area contributed by atoms with Gasteiger partial charge in [-0.05, 0) is 63.3 Å². The average molecular weight is 380 g/mol. The smallest absolute Gasteiger partial charge is 0.416 e. The van der Waals surface area contributed by atoms with E-state index in [9.17, 15) is 4.79 Å². The van der Waals surface area contributed by atoms with E-state index < -0.39 is 11.7 Å². The third-order valence-corrected chi connectivity index (χ3v) is 4.55. The van der Waals surface area contributed by atoms with Gasteiger partial charge in [-0.25, -0.2) is 9.78 Å². The maximum Gasteiger partial charge on any atom is 0.416 e. The standard InChI is InChI=1S/C21H25N5O2/c1-21(2,3)28-20(27)25(13-14-5-4-6-16(22)11-14)18-9-10-23-19-17(15-7-8-15)12-24-26(18)19/h4-6,9-12,15H,7-8,13,22H2,1-3H3/i10D. The Labute approximate surface area is 165 Å². The van der Waals surface area contributed by atoms with E-state index in [4.69, 9.17) is 11.8 Å². The van der Waals surface area contributed by atoms with Crippen LogP contribution >= 0.6 is 0 Å². The highest BCUT2D eigenvalue weighted by molar-refractivity contribution is 5.87. The molecule has 1 aliphatic carbocycles. The lowest BCUT2D eigenvalue weighted by Gasteiger charge is -2.27. The van der Waals surface area contributed by atoms with Gasteiger partial charge in [0.2, 0.25) is 0 Å². The molecule has 2 aromatic heterocycles. The molecule has 1 aliphatic rings. The summed E-state index contributed by atoms with van der Waals surface area (Å²) in [7, 11) is 0. The summed E-state index contributed by atoms with van der Waals surface area (Å²) in [5.74, 6) is 0.877. The second-order valence-electron chi connectivity index (χ2n) is 8.16. The maximum atomic E-state index is 13.1. The quantitative estimate of drug-likeness (QED) is 0.688. The van der Waals surface area contributed by atoms with Gasteiger partial charge >= 0.3 is 6.09 Å². The van der Waals surface area contributed by atoms with Crippen LogP contribution in [0.4, 0.5) is 16.3 Å². The predicted octanol–water partition coefficient (Wildman–Crippen LogP) is 4.13. The molecule has 0 bridgehead atoms. The van der Waals surface area contributed by atoms with Crippen molar-refractivity contribution in [1.82, 2.24) is 14.6 Å². The zero-order chi connectivity index (χ0) is 20.8. The third kappa shape index (κ3) is 3.78. The number of anilines is 2. The van der Waals surface area contributed by atoms with Crippen LogP contribution in [-0.4, -0.2) is 26.3 Å². The van der Waals surface area contributed by atoms with Gasteiger partial charge < -0.3 is 10.5 Å². The van der Waals surface area contributed by atoms with Crippen molar-refractivity contribution >= 4 is 23.2 Å². The highest BCUT2D eigenvalue weighted by atomic mass is 16.6. The second-order valence-corrected chi connectivity index (χ2v) is 8.16. The molecule has 0 aliphatic heterocycles. The summed E-state index contributed by atoms with van der Waals surface area (Å²) in [6.07, 6.45) is 3.54. The molecule has 0 unspecified atom stereocenters. The summed E-state index contributed by atoms with van der Waals surface area (Å²) in [6.45, 7) is 5.69. The number of hydrogen-bond donors (Lipinski definition) is 1. The normalized spacial score (nSPS) is 14.8. The first-order valence-corrected chi connectivity index (χ1v) is 9.41. The fourth-order valence-corrected chi connectivity index (χ4v) is 3.15. The van der Waals surface area contributed by atoms with Crippen molar-refractivity contribution in [3.8, 4) is 0 Å². The Kier molecular flexibility index (Phi) is 4.15. The van der Waals surface area contributed by atoms with Crippen LogP contribution in [0.15, 0.2) is 42.7 Å².